The van der Waals surface area contributed by atoms with Crippen molar-refractivity contribution in [3.05, 3.63) is 64.4 Å². The summed E-state index contributed by atoms with van der Waals surface area (Å²) >= 11 is 3.44. The summed E-state index contributed by atoms with van der Waals surface area (Å²) in [5, 5.41) is 20.6. The number of aromatic nitrogens is 6. The first-order chi connectivity index (χ1) is 16.1. The van der Waals surface area contributed by atoms with Crippen LogP contribution in [-0.4, -0.2) is 52.2 Å². The van der Waals surface area contributed by atoms with Gasteiger partial charge in [-0.15, -0.1) is 4.91 Å². The van der Waals surface area contributed by atoms with Gasteiger partial charge in [0.2, 0.25) is 0 Å². The lowest BCUT2D eigenvalue weighted by atomic mass is 10.1. The zero-order chi connectivity index (χ0) is 25.3. The van der Waals surface area contributed by atoms with Crippen molar-refractivity contribution in [3.8, 4) is 11.3 Å². The fourth-order valence-electron chi connectivity index (χ4n) is 2.87. The number of hydrogen-bond acceptors (Lipinski definition) is 7. The van der Waals surface area contributed by atoms with Crippen molar-refractivity contribution in [2.45, 2.75) is 25.6 Å². The van der Waals surface area contributed by atoms with Crippen molar-refractivity contribution in [2.75, 3.05) is 0 Å². The molecule has 0 radical (unpaired) electrons. The van der Waals surface area contributed by atoms with Crippen LogP contribution >= 0.6 is 15.9 Å². The van der Waals surface area contributed by atoms with Gasteiger partial charge in [-0.3, -0.25) is 4.68 Å². The third-order valence-electron chi connectivity index (χ3n) is 4.26. The normalized spacial score (nSPS) is 11.6. The predicted molar refractivity (Wildman–Crippen MR) is 117 cm³/mol. The second kappa shape index (κ2) is 11.8. The zero-order valence-electron chi connectivity index (χ0n) is 17.3. The lowest BCUT2D eigenvalue weighted by Gasteiger charge is -2.15. The molecule has 0 aliphatic rings. The molecule has 34 heavy (non-hydrogen) atoms. The second-order valence-electron chi connectivity index (χ2n) is 6.37. The van der Waals surface area contributed by atoms with E-state index in [2.05, 4.69) is 47.9 Å². The van der Waals surface area contributed by atoms with E-state index >= 15 is 0 Å². The minimum atomic E-state index is -5.08. The van der Waals surface area contributed by atoms with E-state index in [-0.39, 0.29) is 6.04 Å². The number of fused-ring (bicyclic) bond motifs is 1. The van der Waals surface area contributed by atoms with Crippen LogP contribution in [0.4, 0.5) is 13.2 Å². The summed E-state index contributed by atoms with van der Waals surface area (Å²) in [6, 6.07) is 8.01. The Morgan fingerprint density at radius 2 is 1.97 bits per heavy atom. The quantitative estimate of drug-likeness (QED) is 0.189. The Bertz CT molecular complexity index is 1250. The van der Waals surface area contributed by atoms with Gasteiger partial charge in [0.15, 0.2) is 5.34 Å². The van der Waals surface area contributed by atoms with Crippen LogP contribution in [0.3, 0.4) is 0 Å². The van der Waals surface area contributed by atoms with Gasteiger partial charge in [-0.25, -0.2) is 19.7 Å². The average molecular weight is 544 g/mol. The summed E-state index contributed by atoms with van der Waals surface area (Å²) in [4.78, 5) is 33.3. The van der Waals surface area contributed by atoms with Crippen LogP contribution in [0.15, 0.2) is 59.1 Å². The molecule has 15 heteroatoms. The van der Waals surface area contributed by atoms with E-state index in [9.17, 15) is 13.2 Å². The minimum Gasteiger partial charge on any atom is -0.475 e. The molecular formula is C19H17BrF3N7O4. The number of H-pyrrole nitrogens is 1. The number of carbonyl (C=O) groups is 1. The molecule has 1 unspecified atom stereocenters. The number of pyridine rings is 1. The van der Waals surface area contributed by atoms with Gasteiger partial charge in [-0.1, -0.05) is 13.0 Å². The molecule has 0 spiro atoms. The van der Waals surface area contributed by atoms with Crippen LogP contribution in [0.25, 0.3) is 22.3 Å². The molecule has 4 heterocycles. The number of carboxylic acid groups (broad SMARTS) is 1. The Kier molecular flexibility index (Phi) is 9.18. The fourth-order valence-corrected chi connectivity index (χ4v) is 3.23. The first-order valence-corrected chi connectivity index (χ1v) is 10.1. The van der Waals surface area contributed by atoms with Crippen LogP contribution in [0.1, 0.15) is 25.1 Å². The Morgan fingerprint density at radius 1 is 1.29 bits per heavy atom. The number of rotatable bonds is 4. The van der Waals surface area contributed by atoms with Gasteiger partial charge in [0, 0.05) is 23.3 Å². The zero-order valence-corrected chi connectivity index (χ0v) is 18.9. The van der Waals surface area contributed by atoms with E-state index in [1.165, 1.54) is 5.34 Å². The summed E-state index contributed by atoms with van der Waals surface area (Å²) in [6.07, 6.45) is 3.11. The maximum Gasteiger partial charge on any atom is 0.490 e. The van der Waals surface area contributed by atoms with Gasteiger partial charge in [0.05, 0.1) is 23.6 Å². The van der Waals surface area contributed by atoms with E-state index in [1.807, 2.05) is 47.5 Å². The molecule has 1 atom stereocenters. The highest BCUT2D eigenvalue weighted by Gasteiger charge is 2.38. The largest absolute Gasteiger partial charge is 0.490 e. The van der Waals surface area contributed by atoms with E-state index in [4.69, 9.17) is 20.0 Å². The molecule has 4 aromatic rings. The Morgan fingerprint density at radius 3 is 2.56 bits per heavy atom. The van der Waals surface area contributed by atoms with Crippen molar-refractivity contribution >= 4 is 32.9 Å². The molecule has 180 valence electrons. The third kappa shape index (κ3) is 6.81. The van der Waals surface area contributed by atoms with Gasteiger partial charge >= 0.3 is 12.1 Å². The lowest BCUT2D eigenvalue weighted by molar-refractivity contribution is -0.192. The van der Waals surface area contributed by atoms with Crippen molar-refractivity contribution in [1.82, 2.24) is 29.7 Å². The summed E-state index contributed by atoms with van der Waals surface area (Å²) < 4.78 is 34.5. The van der Waals surface area contributed by atoms with Gasteiger partial charge in [-0.05, 0) is 40.5 Å². The lowest BCUT2D eigenvalue weighted by Crippen LogP contribution is -2.21. The molecule has 0 aliphatic carbocycles. The number of nitrogens with one attached hydrogen (secondary N) is 1. The van der Waals surface area contributed by atoms with Crippen molar-refractivity contribution < 1.29 is 28.3 Å². The predicted octanol–water partition coefficient (Wildman–Crippen LogP) is 4.75. The van der Waals surface area contributed by atoms with Gasteiger partial charge in [0.1, 0.15) is 16.6 Å². The molecule has 3 N–H and O–H groups in total. The highest BCUT2D eigenvalue weighted by Crippen LogP contribution is 2.27. The number of halogens is 4. The van der Waals surface area contributed by atoms with E-state index < -0.39 is 12.1 Å². The first kappa shape index (κ1) is 26.4. The summed E-state index contributed by atoms with van der Waals surface area (Å²) in [6.45, 7) is 2.13. The average Bonchev–Trinajstić information content (AvgIpc) is 3.44. The Labute approximate surface area is 197 Å². The third-order valence-corrected chi connectivity index (χ3v) is 4.70. The maximum absolute atomic E-state index is 10.6. The molecule has 0 fully saturated rings. The maximum atomic E-state index is 10.6. The molecule has 0 amide bonds. The van der Waals surface area contributed by atoms with Crippen molar-refractivity contribution in [1.29, 1.82) is 0 Å². The molecular weight excluding hydrogens is 527 g/mol. The first-order valence-electron chi connectivity index (χ1n) is 9.34. The minimum absolute atomic E-state index is 0.0832. The van der Waals surface area contributed by atoms with E-state index in [0.717, 1.165) is 39.0 Å². The number of nitrogens with zero attached hydrogens (tertiary/aromatic N) is 6. The standard InChI is InChI=1S/C17H15BrN6.C2HF3O2.HNO2/c1-2-14(13-4-3-5-15(18)23-13)24-9-11(8-22-24)16-12-6-7-19-17(12)21-10-20-16;3-2(4,5)1(6)7;2-1-3/h3-10,14H,2H2,1H3,(H,19,20,21);(H,6,7);(H,2,3). The SMILES string of the molecule is CCC(c1cccc(Br)n1)n1cc(-c2ncnc3[nH]ccc23)cn1.O=C(O)C(F)(F)F.O=NO. The molecule has 0 bridgehead atoms. The van der Waals surface area contributed by atoms with Crippen LogP contribution < -0.4 is 0 Å². The monoisotopic (exact) mass is 543 g/mol. The topological polar surface area (TPSA) is 159 Å². The van der Waals surface area contributed by atoms with Gasteiger partial charge in [0.25, 0.3) is 0 Å². The highest BCUT2D eigenvalue weighted by atomic mass is 79.9. The number of aromatic amines is 1. The summed E-state index contributed by atoms with van der Waals surface area (Å²) in [5.74, 6) is -2.76. The van der Waals surface area contributed by atoms with E-state index in [1.54, 1.807) is 6.33 Å². The molecule has 0 saturated heterocycles. The molecule has 0 aliphatic heterocycles. The molecule has 4 aromatic heterocycles. The van der Waals surface area contributed by atoms with Crippen LogP contribution in [0, 0.1) is 4.91 Å². The number of carboxylic acids is 1. The van der Waals surface area contributed by atoms with Crippen molar-refractivity contribution in [2.24, 2.45) is 5.34 Å². The second-order valence-corrected chi connectivity index (χ2v) is 7.18. The Balaban J connectivity index is 0.000000348. The molecule has 11 nitrogen and oxygen atoms in total. The molecule has 0 aromatic carbocycles. The smallest absolute Gasteiger partial charge is 0.475 e. The van der Waals surface area contributed by atoms with E-state index in [0.29, 0.717) is 0 Å². The van der Waals surface area contributed by atoms with Crippen LogP contribution in [-0.2, 0) is 4.79 Å². The van der Waals surface area contributed by atoms with Crippen LogP contribution in [0.5, 0.6) is 0 Å². The molecule has 0 saturated carbocycles. The Hall–Kier alpha value is -3.88. The summed E-state index contributed by atoms with van der Waals surface area (Å²) in [7, 11) is 0. The number of aliphatic carboxylic acids is 1. The van der Waals surface area contributed by atoms with Crippen molar-refractivity contribution in [3.63, 3.8) is 0 Å². The van der Waals surface area contributed by atoms with Gasteiger partial charge in [-0.2, -0.15) is 18.3 Å². The molecule has 4 rings (SSSR count). The fraction of sp³-hybridized carbons (Fsp3) is 0.211. The highest BCUT2D eigenvalue weighted by molar-refractivity contribution is 9.10. The number of hydrogen-bond donors (Lipinski definition) is 3. The number of alkyl halides is 3. The van der Waals surface area contributed by atoms with Gasteiger partial charge < -0.3 is 15.3 Å². The summed E-state index contributed by atoms with van der Waals surface area (Å²) in [5.41, 5.74) is 3.66. The van der Waals surface area contributed by atoms with Crippen LogP contribution in [0.2, 0.25) is 0 Å².